The third-order valence-electron chi connectivity index (χ3n) is 3.08. The molecule has 1 fully saturated rings. The Balaban J connectivity index is 2.43. The van der Waals surface area contributed by atoms with Crippen molar-refractivity contribution in [1.82, 2.24) is 9.62 Å². The Labute approximate surface area is 134 Å². The Morgan fingerprint density at radius 3 is 2.81 bits per heavy atom. The molecule has 116 valence electrons. The van der Waals surface area contributed by atoms with Gasteiger partial charge in [-0.3, -0.25) is 9.59 Å². The lowest BCUT2D eigenvalue weighted by Crippen LogP contribution is -2.57. The van der Waals surface area contributed by atoms with Crippen LogP contribution < -0.4 is 5.32 Å². The number of amides is 1. The first-order chi connectivity index (χ1) is 9.73. The molecule has 10 heteroatoms. The lowest BCUT2D eigenvalue weighted by Gasteiger charge is -2.33. The topological polar surface area (TPSA) is 104 Å². The number of nitrogens with zero attached hydrogens (tertiary/aromatic N) is 1. The minimum atomic E-state index is -3.91. The molecule has 1 aliphatic heterocycles. The third-order valence-corrected chi connectivity index (χ3v) is 6.80. The molecule has 1 amide bonds. The van der Waals surface area contributed by atoms with Crippen LogP contribution in [0.5, 0.6) is 0 Å². The molecule has 2 heterocycles. The highest BCUT2D eigenvalue weighted by Gasteiger charge is 2.40. The Morgan fingerprint density at radius 1 is 1.62 bits per heavy atom. The first-order valence-corrected chi connectivity index (χ1v) is 9.05. The summed E-state index contributed by atoms with van der Waals surface area (Å²) in [4.78, 5) is 23.4. The highest BCUT2D eigenvalue weighted by atomic mass is 79.9. The quantitative estimate of drug-likeness (QED) is 0.782. The van der Waals surface area contributed by atoms with Crippen LogP contribution in [0, 0.1) is 6.92 Å². The van der Waals surface area contributed by atoms with Gasteiger partial charge in [0.25, 0.3) is 0 Å². The molecule has 0 spiro atoms. The summed E-state index contributed by atoms with van der Waals surface area (Å²) in [7, 11) is -3.91. The van der Waals surface area contributed by atoms with E-state index in [4.69, 9.17) is 5.11 Å². The molecule has 1 unspecified atom stereocenters. The van der Waals surface area contributed by atoms with Gasteiger partial charge in [0.15, 0.2) is 0 Å². The second kappa shape index (κ2) is 6.03. The minimum Gasteiger partial charge on any atom is -0.481 e. The summed E-state index contributed by atoms with van der Waals surface area (Å²) >= 11 is 4.50. The van der Waals surface area contributed by atoms with E-state index < -0.39 is 34.4 Å². The van der Waals surface area contributed by atoms with E-state index in [1.807, 2.05) is 0 Å². The molecule has 1 aliphatic rings. The second-order valence-electron chi connectivity index (χ2n) is 4.49. The number of hydrogen-bond donors (Lipinski definition) is 2. The number of piperazine rings is 1. The number of carboxylic acids is 1. The lowest BCUT2D eigenvalue weighted by molar-refractivity contribution is -0.141. The van der Waals surface area contributed by atoms with E-state index in [9.17, 15) is 18.0 Å². The van der Waals surface area contributed by atoms with Crippen molar-refractivity contribution in [3.8, 4) is 0 Å². The van der Waals surface area contributed by atoms with Crippen LogP contribution in [0.25, 0.3) is 0 Å². The molecular weight excluding hydrogens is 384 g/mol. The standard InChI is InChI=1S/C11H13BrN2O5S2/c1-6-8(5-9(12)20-6)21(18,19)14-3-2-13-11(17)7(14)4-10(15)16/h5,7H,2-4H2,1H3,(H,13,17)(H,15,16). The Hall–Kier alpha value is -0.970. The largest absolute Gasteiger partial charge is 0.481 e. The molecule has 1 aromatic heterocycles. The Morgan fingerprint density at radius 2 is 2.29 bits per heavy atom. The van der Waals surface area contributed by atoms with Crippen LogP contribution in [0.15, 0.2) is 14.7 Å². The van der Waals surface area contributed by atoms with Gasteiger partial charge in [-0.2, -0.15) is 4.31 Å². The van der Waals surface area contributed by atoms with Crippen molar-refractivity contribution in [2.24, 2.45) is 0 Å². The van der Waals surface area contributed by atoms with Crippen molar-refractivity contribution in [2.45, 2.75) is 24.3 Å². The van der Waals surface area contributed by atoms with Crippen molar-refractivity contribution in [2.75, 3.05) is 13.1 Å². The van der Waals surface area contributed by atoms with Gasteiger partial charge in [-0.15, -0.1) is 11.3 Å². The van der Waals surface area contributed by atoms with Gasteiger partial charge in [0.2, 0.25) is 15.9 Å². The molecule has 21 heavy (non-hydrogen) atoms. The smallest absolute Gasteiger partial charge is 0.305 e. The number of thiophene rings is 1. The predicted octanol–water partition coefficient (Wildman–Crippen LogP) is 0.783. The fourth-order valence-electron chi connectivity index (χ4n) is 2.15. The summed E-state index contributed by atoms with van der Waals surface area (Å²) in [5, 5.41) is 11.4. The zero-order valence-corrected chi connectivity index (χ0v) is 14.2. The van der Waals surface area contributed by atoms with E-state index in [1.54, 1.807) is 6.92 Å². The number of aryl methyl sites for hydroxylation is 1. The zero-order chi connectivity index (χ0) is 15.8. The van der Waals surface area contributed by atoms with Gasteiger partial charge in [-0.05, 0) is 28.9 Å². The summed E-state index contributed by atoms with van der Waals surface area (Å²) in [6, 6.07) is 0.249. The average Bonchev–Trinajstić information content (AvgIpc) is 2.71. The average molecular weight is 397 g/mol. The SMILES string of the molecule is Cc1sc(Br)cc1S(=O)(=O)N1CCNC(=O)C1CC(=O)O. The molecule has 2 N–H and O–H groups in total. The third kappa shape index (κ3) is 3.28. The van der Waals surface area contributed by atoms with Gasteiger partial charge >= 0.3 is 5.97 Å². The summed E-state index contributed by atoms with van der Waals surface area (Å²) < 4.78 is 27.0. The summed E-state index contributed by atoms with van der Waals surface area (Å²) in [5.74, 6) is -1.81. The van der Waals surface area contributed by atoms with Gasteiger partial charge in [-0.25, -0.2) is 8.42 Å². The maximum Gasteiger partial charge on any atom is 0.305 e. The van der Waals surface area contributed by atoms with Crippen molar-refractivity contribution in [3.63, 3.8) is 0 Å². The lowest BCUT2D eigenvalue weighted by atomic mass is 10.1. The number of rotatable bonds is 4. The van der Waals surface area contributed by atoms with Crippen LogP contribution >= 0.6 is 27.3 Å². The maximum atomic E-state index is 12.7. The predicted molar refractivity (Wildman–Crippen MR) is 79.7 cm³/mol. The number of sulfonamides is 1. The van der Waals surface area contributed by atoms with E-state index in [1.165, 1.54) is 17.4 Å². The van der Waals surface area contributed by atoms with Crippen LogP contribution in [0.4, 0.5) is 0 Å². The minimum absolute atomic E-state index is 0.0545. The zero-order valence-electron chi connectivity index (χ0n) is 11.0. The van der Waals surface area contributed by atoms with E-state index in [0.29, 0.717) is 8.66 Å². The molecule has 0 aliphatic carbocycles. The number of halogens is 1. The summed E-state index contributed by atoms with van der Waals surface area (Å²) in [5.41, 5.74) is 0. The van der Waals surface area contributed by atoms with Crippen LogP contribution in [0.3, 0.4) is 0 Å². The van der Waals surface area contributed by atoms with Gasteiger partial charge in [0, 0.05) is 18.0 Å². The van der Waals surface area contributed by atoms with E-state index in [-0.39, 0.29) is 18.0 Å². The number of hydrogen-bond acceptors (Lipinski definition) is 5. The molecule has 1 saturated heterocycles. The van der Waals surface area contributed by atoms with Crippen molar-refractivity contribution >= 4 is 49.2 Å². The van der Waals surface area contributed by atoms with Gasteiger partial charge in [0.05, 0.1) is 15.1 Å². The molecule has 0 radical (unpaired) electrons. The molecular formula is C11H13BrN2O5S2. The van der Waals surface area contributed by atoms with Crippen molar-refractivity contribution in [3.05, 3.63) is 14.7 Å². The maximum absolute atomic E-state index is 12.7. The van der Waals surface area contributed by atoms with E-state index >= 15 is 0 Å². The number of carboxylic acid groups (broad SMARTS) is 1. The highest BCUT2D eigenvalue weighted by molar-refractivity contribution is 9.11. The van der Waals surface area contributed by atoms with Crippen molar-refractivity contribution < 1.29 is 23.1 Å². The van der Waals surface area contributed by atoms with Gasteiger partial charge < -0.3 is 10.4 Å². The number of nitrogens with one attached hydrogen (secondary N) is 1. The van der Waals surface area contributed by atoms with Crippen LogP contribution in [-0.2, 0) is 19.6 Å². The number of aliphatic carboxylic acids is 1. The number of carbonyl (C=O) groups excluding carboxylic acids is 1. The normalized spacial score (nSPS) is 20.3. The summed E-state index contributed by atoms with van der Waals surface area (Å²) in [6.45, 7) is 1.88. The van der Waals surface area contributed by atoms with Crippen molar-refractivity contribution in [1.29, 1.82) is 0 Å². The summed E-state index contributed by atoms with van der Waals surface area (Å²) in [6.07, 6.45) is -0.560. The highest BCUT2D eigenvalue weighted by Crippen LogP contribution is 2.32. The fraction of sp³-hybridized carbons (Fsp3) is 0.455. The first kappa shape index (κ1) is 16.4. The van der Waals surface area contributed by atoms with E-state index in [0.717, 1.165) is 4.31 Å². The van der Waals surface area contributed by atoms with Gasteiger partial charge in [-0.1, -0.05) is 0 Å². The molecule has 0 saturated carbocycles. The molecule has 2 rings (SSSR count). The Bertz CT molecular complexity index is 685. The monoisotopic (exact) mass is 396 g/mol. The number of carbonyl (C=O) groups is 2. The second-order valence-corrected chi connectivity index (χ2v) is 8.99. The molecule has 0 bridgehead atoms. The van der Waals surface area contributed by atoms with Crippen LogP contribution in [-0.4, -0.2) is 48.8 Å². The first-order valence-electron chi connectivity index (χ1n) is 6.00. The molecule has 1 atom stereocenters. The van der Waals surface area contributed by atoms with Crippen LogP contribution in [0.2, 0.25) is 0 Å². The Kier molecular flexibility index (Phi) is 4.71. The molecule has 0 aromatic carbocycles. The molecule has 7 nitrogen and oxygen atoms in total. The van der Waals surface area contributed by atoms with Gasteiger partial charge in [0.1, 0.15) is 6.04 Å². The van der Waals surface area contributed by atoms with E-state index in [2.05, 4.69) is 21.2 Å². The fourth-order valence-corrected chi connectivity index (χ4v) is 6.13. The molecule has 1 aromatic rings. The van der Waals surface area contributed by atoms with Crippen LogP contribution in [0.1, 0.15) is 11.3 Å².